The molecule has 4 rings (SSSR count). The summed E-state index contributed by atoms with van der Waals surface area (Å²) < 4.78 is 43.4. The molecular formula is C32H33F3N4O8. The zero-order valence-corrected chi connectivity index (χ0v) is 26.1. The van der Waals surface area contributed by atoms with Gasteiger partial charge >= 0.3 is 18.1 Å². The van der Waals surface area contributed by atoms with Crippen LogP contribution in [0, 0.1) is 5.41 Å². The molecule has 0 radical (unpaired) electrons. The lowest BCUT2D eigenvalue weighted by Crippen LogP contribution is -2.30. The maximum atomic E-state index is 13.4. The van der Waals surface area contributed by atoms with Crippen molar-refractivity contribution < 1.29 is 52.0 Å². The number of alkyl halides is 3. The molecule has 0 saturated carbocycles. The third kappa shape index (κ3) is 8.83. The molecule has 0 spiro atoms. The predicted octanol–water partition coefficient (Wildman–Crippen LogP) is 5.29. The van der Waals surface area contributed by atoms with E-state index >= 15 is 0 Å². The second-order valence-electron chi connectivity index (χ2n) is 11.2. The summed E-state index contributed by atoms with van der Waals surface area (Å²) >= 11 is 0. The normalized spacial score (nSPS) is 12.4. The van der Waals surface area contributed by atoms with E-state index in [1.54, 1.807) is 35.2 Å². The molecule has 12 nitrogen and oxygen atoms in total. The number of Topliss-reactive ketones (excluding diaryl/α,β-unsaturated/α-hetero) is 1. The van der Waals surface area contributed by atoms with Crippen molar-refractivity contribution >= 4 is 29.5 Å². The summed E-state index contributed by atoms with van der Waals surface area (Å²) in [6.07, 6.45) is -3.86. The first-order chi connectivity index (χ1) is 21.9. The van der Waals surface area contributed by atoms with Gasteiger partial charge < -0.3 is 29.9 Å². The van der Waals surface area contributed by atoms with E-state index < -0.39 is 18.1 Å². The third-order valence-corrected chi connectivity index (χ3v) is 6.79. The quantitative estimate of drug-likeness (QED) is 0.221. The van der Waals surface area contributed by atoms with E-state index in [1.165, 1.54) is 25.4 Å². The molecule has 1 aliphatic heterocycles. The molecule has 0 aliphatic carbocycles. The SMILES string of the molecule is CCOc1cc2c(cc1C(=O)NC)C(=N)N(CC(=O)c1ccc(Oc3ccc(C(=O)O)cn3)c(C(C)(C)C)c1)C2.O=C(O)C(F)(F)F. The summed E-state index contributed by atoms with van der Waals surface area (Å²) in [7, 11) is 1.54. The molecule has 3 aromatic rings. The van der Waals surface area contributed by atoms with Crippen molar-refractivity contribution in [2.45, 2.75) is 45.8 Å². The standard InChI is InChI=1S/C30H32N4O6.C2HF3O2/c1-6-39-25-12-19-15-34(27(31)20(19)13-21(25)28(36)32-5)16-23(35)17-7-9-24(22(11-17)30(2,3)4)40-26-10-8-18(14-33-26)29(37)38;3-2(4,5)1(6)7/h7-14,31H,6,15-16H2,1-5H3,(H,32,36)(H,37,38);(H,6,7). The Bertz CT molecular complexity index is 1700. The fraction of sp³-hybridized carbons (Fsp3) is 0.312. The molecular weight excluding hydrogens is 625 g/mol. The number of nitrogens with one attached hydrogen (secondary N) is 2. The van der Waals surface area contributed by atoms with Crippen LogP contribution in [-0.2, 0) is 16.8 Å². The number of hydrogen-bond donors (Lipinski definition) is 4. The van der Waals surface area contributed by atoms with E-state index in [-0.39, 0.29) is 40.9 Å². The molecule has 2 aromatic carbocycles. The van der Waals surface area contributed by atoms with Crippen molar-refractivity contribution in [3.8, 4) is 17.4 Å². The molecule has 0 saturated heterocycles. The monoisotopic (exact) mass is 658 g/mol. The number of ether oxygens (including phenoxy) is 2. The summed E-state index contributed by atoms with van der Waals surface area (Å²) in [4.78, 5) is 51.5. The van der Waals surface area contributed by atoms with Gasteiger partial charge in [0.25, 0.3) is 5.91 Å². The molecule has 47 heavy (non-hydrogen) atoms. The molecule has 0 bridgehead atoms. The van der Waals surface area contributed by atoms with Gasteiger partial charge in [-0.25, -0.2) is 14.6 Å². The molecule has 4 N–H and O–H groups in total. The largest absolute Gasteiger partial charge is 0.493 e. The minimum Gasteiger partial charge on any atom is -0.493 e. The second kappa shape index (κ2) is 14.3. The maximum Gasteiger partial charge on any atom is 0.490 e. The summed E-state index contributed by atoms with van der Waals surface area (Å²) in [5, 5.41) is 27.5. The molecule has 1 amide bonds. The zero-order valence-electron chi connectivity index (χ0n) is 26.1. The van der Waals surface area contributed by atoms with E-state index in [9.17, 15) is 27.6 Å². The number of hydrogen-bond acceptors (Lipinski definition) is 8. The number of carbonyl (C=O) groups is 4. The highest BCUT2D eigenvalue weighted by molar-refractivity contribution is 6.07. The van der Waals surface area contributed by atoms with E-state index in [0.29, 0.717) is 41.3 Å². The summed E-state index contributed by atoms with van der Waals surface area (Å²) in [6, 6.07) is 11.5. The highest BCUT2D eigenvalue weighted by atomic mass is 19.4. The fourth-order valence-corrected chi connectivity index (χ4v) is 4.47. The molecule has 1 aliphatic rings. The van der Waals surface area contributed by atoms with Crippen LogP contribution in [0.3, 0.4) is 0 Å². The van der Waals surface area contributed by atoms with Crippen molar-refractivity contribution in [1.29, 1.82) is 5.41 Å². The van der Waals surface area contributed by atoms with Crippen molar-refractivity contribution in [3.63, 3.8) is 0 Å². The van der Waals surface area contributed by atoms with E-state index in [0.717, 1.165) is 11.1 Å². The highest BCUT2D eigenvalue weighted by Crippen LogP contribution is 2.35. The van der Waals surface area contributed by atoms with Gasteiger partial charge in [0.15, 0.2) is 5.78 Å². The van der Waals surface area contributed by atoms with Crippen molar-refractivity contribution in [2.24, 2.45) is 0 Å². The lowest BCUT2D eigenvalue weighted by atomic mass is 9.85. The number of aliphatic carboxylic acids is 1. The first-order valence-corrected chi connectivity index (χ1v) is 14.1. The molecule has 0 fully saturated rings. The smallest absolute Gasteiger partial charge is 0.490 e. The Morgan fingerprint density at radius 2 is 1.64 bits per heavy atom. The fourth-order valence-electron chi connectivity index (χ4n) is 4.47. The van der Waals surface area contributed by atoms with Crippen LogP contribution >= 0.6 is 0 Å². The number of rotatable bonds is 9. The van der Waals surface area contributed by atoms with Gasteiger partial charge in [-0.3, -0.25) is 15.0 Å². The number of amides is 1. The van der Waals surface area contributed by atoms with Gasteiger partial charge in [0.1, 0.15) is 17.3 Å². The number of aromatic nitrogens is 1. The number of aromatic carboxylic acids is 1. The van der Waals surface area contributed by atoms with E-state index in [1.807, 2.05) is 27.7 Å². The topological polar surface area (TPSA) is 179 Å². The number of carbonyl (C=O) groups excluding carboxylic acids is 2. The average molecular weight is 659 g/mol. The van der Waals surface area contributed by atoms with Crippen molar-refractivity contribution in [1.82, 2.24) is 15.2 Å². The number of carboxylic acid groups (broad SMARTS) is 2. The summed E-state index contributed by atoms with van der Waals surface area (Å²) in [5.41, 5.74) is 2.67. The van der Waals surface area contributed by atoms with Crippen LogP contribution in [0.1, 0.15) is 75.5 Å². The molecule has 1 aromatic heterocycles. The number of halogens is 3. The first kappa shape index (κ1) is 36.0. The number of fused-ring (bicyclic) bond motifs is 1. The van der Waals surface area contributed by atoms with Gasteiger partial charge in [-0.15, -0.1) is 0 Å². The Morgan fingerprint density at radius 3 is 2.15 bits per heavy atom. The van der Waals surface area contributed by atoms with Gasteiger partial charge in [-0.05, 0) is 54.3 Å². The number of benzene rings is 2. The van der Waals surface area contributed by atoms with Crippen LogP contribution in [0.15, 0.2) is 48.7 Å². The lowest BCUT2D eigenvalue weighted by molar-refractivity contribution is -0.192. The molecule has 0 unspecified atom stereocenters. The van der Waals surface area contributed by atoms with Crippen LogP contribution in [0.4, 0.5) is 13.2 Å². The van der Waals surface area contributed by atoms with Gasteiger partial charge in [0.05, 0.1) is 24.3 Å². The van der Waals surface area contributed by atoms with Crippen LogP contribution < -0.4 is 14.8 Å². The number of pyridine rings is 1. The van der Waals surface area contributed by atoms with Crippen molar-refractivity contribution in [3.05, 3.63) is 82.0 Å². The van der Waals surface area contributed by atoms with Crippen LogP contribution in [0.5, 0.6) is 17.4 Å². The summed E-state index contributed by atoms with van der Waals surface area (Å²) in [6.45, 7) is 8.54. The van der Waals surface area contributed by atoms with E-state index in [2.05, 4.69) is 10.3 Å². The second-order valence-corrected chi connectivity index (χ2v) is 11.2. The first-order valence-electron chi connectivity index (χ1n) is 14.1. The Balaban J connectivity index is 0.000000771. The van der Waals surface area contributed by atoms with Crippen molar-refractivity contribution in [2.75, 3.05) is 20.2 Å². The van der Waals surface area contributed by atoms with Gasteiger partial charge in [0, 0.05) is 42.5 Å². The maximum absolute atomic E-state index is 13.4. The number of ketones is 1. The molecule has 250 valence electrons. The van der Waals surface area contributed by atoms with Gasteiger partial charge in [0.2, 0.25) is 5.88 Å². The minimum atomic E-state index is -5.08. The lowest BCUT2D eigenvalue weighted by Gasteiger charge is -2.24. The molecule has 0 atom stereocenters. The number of amidine groups is 1. The Labute approximate surface area is 267 Å². The number of nitrogens with zero attached hydrogens (tertiary/aromatic N) is 2. The van der Waals surface area contributed by atoms with Crippen LogP contribution in [0.25, 0.3) is 0 Å². The predicted molar refractivity (Wildman–Crippen MR) is 163 cm³/mol. The number of carboxylic acids is 2. The van der Waals surface area contributed by atoms with E-state index in [4.69, 9.17) is 29.9 Å². The highest BCUT2D eigenvalue weighted by Gasteiger charge is 2.38. The molecule has 15 heteroatoms. The van der Waals surface area contributed by atoms with Gasteiger partial charge in [-0.1, -0.05) is 20.8 Å². The van der Waals surface area contributed by atoms with Crippen LogP contribution in [-0.4, -0.2) is 75.9 Å². The Kier molecular flexibility index (Phi) is 11.0. The Hall–Kier alpha value is -5.47. The third-order valence-electron chi connectivity index (χ3n) is 6.79. The van der Waals surface area contributed by atoms with Gasteiger partial charge in [-0.2, -0.15) is 13.2 Å². The average Bonchev–Trinajstić information content (AvgIpc) is 3.29. The zero-order chi connectivity index (χ0) is 35.3. The summed E-state index contributed by atoms with van der Waals surface area (Å²) in [5.74, 6) is -2.96. The minimum absolute atomic E-state index is 0.0191. The van der Waals surface area contributed by atoms with Crippen LogP contribution in [0.2, 0.25) is 0 Å². The Morgan fingerprint density at radius 1 is 1.00 bits per heavy atom. The molecule has 2 heterocycles.